The number of nitrogens with zero attached hydrogens (tertiary/aromatic N) is 1. The Hall–Kier alpha value is -1.84. The average molecular weight is 260 g/mol. The first kappa shape index (κ1) is 13.6. The average Bonchev–Trinajstić information content (AvgIpc) is 2.75. The lowest BCUT2D eigenvalue weighted by Gasteiger charge is -2.16. The third kappa shape index (κ3) is 3.56. The summed E-state index contributed by atoms with van der Waals surface area (Å²) in [5.74, 6) is 0.190. The van der Waals surface area contributed by atoms with Gasteiger partial charge in [-0.25, -0.2) is 0 Å². The van der Waals surface area contributed by atoms with E-state index in [4.69, 9.17) is 0 Å². The molecule has 0 aromatic heterocycles. The summed E-state index contributed by atoms with van der Waals surface area (Å²) in [4.78, 5) is 25.1. The first-order chi connectivity index (χ1) is 9.06. The molecule has 1 heterocycles. The maximum Gasteiger partial charge on any atom is 0.226 e. The second-order valence-corrected chi connectivity index (χ2v) is 5.26. The molecule has 2 amide bonds. The van der Waals surface area contributed by atoms with E-state index in [9.17, 15) is 9.59 Å². The maximum absolute atomic E-state index is 11.6. The molecule has 0 atom stereocenters. The summed E-state index contributed by atoms with van der Waals surface area (Å²) < 4.78 is 0. The molecule has 0 saturated carbocycles. The highest BCUT2D eigenvalue weighted by Gasteiger charge is 2.20. The van der Waals surface area contributed by atoms with E-state index < -0.39 is 0 Å². The van der Waals surface area contributed by atoms with Gasteiger partial charge in [0.1, 0.15) is 0 Å². The van der Waals surface area contributed by atoms with Crippen molar-refractivity contribution in [2.24, 2.45) is 5.92 Å². The van der Waals surface area contributed by atoms with E-state index >= 15 is 0 Å². The quantitative estimate of drug-likeness (QED) is 0.903. The Morgan fingerprint density at radius 1 is 1.42 bits per heavy atom. The molecule has 1 aromatic rings. The Morgan fingerprint density at radius 3 is 2.84 bits per heavy atom. The van der Waals surface area contributed by atoms with E-state index in [1.165, 1.54) is 0 Å². The van der Waals surface area contributed by atoms with Crippen molar-refractivity contribution < 1.29 is 9.59 Å². The molecule has 19 heavy (non-hydrogen) atoms. The van der Waals surface area contributed by atoms with Crippen LogP contribution in [0.1, 0.15) is 32.3 Å². The fourth-order valence-corrected chi connectivity index (χ4v) is 2.13. The van der Waals surface area contributed by atoms with E-state index in [0.717, 1.165) is 24.2 Å². The van der Waals surface area contributed by atoms with Crippen LogP contribution in [0, 0.1) is 5.92 Å². The minimum atomic E-state index is -0.0381. The van der Waals surface area contributed by atoms with Crippen LogP contribution in [0.2, 0.25) is 0 Å². The van der Waals surface area contributed by atoms with Crippen molar-refractivity contribution in [2.75, 3.05) is 11.9 Å². The van der Waals surface area contributed by atoms with Crippen molar-refractivity contribution in [3.63, 3.8) is 0 Å². The number of anilines is 1. The molecule has 2 rings (SSSR count). The minimum absolute atomic E-state index is 0.00870. The van der Waals surface area contributed by atoms with Crippen LogP contribution in [-0.2, 0) is 16.1 Å². The van der Waals surface area contributed by atoms with Gasteiger partial charge in [-0.3, -0.25) is 9.59 Å². The van der Waals surface area contributed by atoms with Gasteiger partial charge < -0.3 is 10.2 Å². The Labute approximate surface area is 113 Å². The number of benzene rings is 1. The zero-order valence-electron chi connectivity index (χ0n) is 11.5. The number of hydrogen-bond acceptors (Lipinski definition) is 2. The van der Waals surface area contributed by atoms with Crippen molar-refractivity contribution in [2.45, 2.75) is 33.2 Å². The summed E-state index contributed by atoms with van der Waals surface area (Å²) in [6, 6.07) is 7.70. The van der Waals surface area contributed by atoms with Gasteiger partial charge in [-0.15, -0.1) is 0 Å². The van der Waals surface area contributed by atoms with Crippen molar-refractivity contribution >= 4 is 17.5 Å². The molecule has 0 unspecified atom stereocenters. The standard InChI is InChI=1S/C15H20N2O2/c1-11(2)15(19)16-13-6-3-5-12(9-13)10-17-8-4-7-14(17)18/h3,5-6,9,11H,4,7-8,10H2,1-2H3,(H,16,19). The van der Waals surface area contributed by atoms with Gasteiger partial charge in [-0.05, 0) is 24.1 Å². The van der Waals surface area contributed by atoms with Crippen molar-refractivity contribution in [1.29, 1.82) is 0 Å². The molecule has 102 valence electrons. The third-order valence-corrected chi connectivity index (χ3v) is 3.26. The largest absolute Gasteiger partial charge is 0.338 e. The molecule has 0 spiro atoms. The molecule has 1 aliphatic rings. The van der Waals surface area contributed by atoms with Crippen molar-refractivity contribution in [3.05, 3.63) is 29.8 Å². The number of rotatable bonds is 4. The van der Waals surface area contributed by atoms with Gasteiger partial charge in [0, 0.05) is 31.1 Å². The lowest BCUT2D eigenvalue weighted by atomic mass is 10.1. The highest BCUT2D eigenvalue weighted by Crippen LogP contribution is 2.17. The maximum atomic E-state index is 11.6. The molecular formula is C15H20N2O2. The molecule has 1 N–H and O–H groups in total. The lowest BCUT2D eigenvalue weighted by molar-refractivity contribution is -0.128. The summed E-state index contributed by atoms with van der Waals surface area (Å²) in [5, 5.41) is 2.88. The van der Waals surface area contributed by atoms with Crippen molar-refractivity contribution in [3.8, 4) is 0 Å². The number of amides is 2. The summed E-state index contributed by atoms with van der Waals surface area (Å²) in [5.41, 5.74) is 1.85. The number of hydrogen-bond donors (Lipinski definition) is 1. The molecule has 1 fully saturated rings. The van der Waals surface area contributed by atoms with Crippen LogP contribution in [0.25, 0.3) is 0 Å². The summed E-state index contributed by atoms with van der Waals surface area (Å²) in [6.07, 6.45) is 1.60. The van der Waals surface area contributed by atoms with Crippen LogP contribution in [0.3, 0.4) is 0 Å². The highest BCUT2D eigenvalue weighted by molar-refractivity contribution is 5.92. The minimum Gasteiger partial charge on any atom is -0.338 e. The van der Waals surface area contributed by atoms with Crippen LogP contribution < -0.4 is 5.32 Å². The van der Waals surface area contributed by atoms with Crippen LogP contribution in [0.15, 0.2) is 24.3 Å². The highest BCUT2D eigenvalue weighted by atomic mass is 16.2. The van der Waals surface area contributed by atoms with E-state index in [1.807, 2.05) is 43.0 Å². The predicted octanol–water partition coefficient (Wildman–Crippen LogP) is 2.40. The van der Waals surface area contributed by atoms with Gasteiger partial charge in [0.15, 0.2) is 0 Å². The van der Waals surface area contributed by atoms with E-state index in [-0.39, 0.29) is 17.7 Å². The topological polar surface area (TPSA) is 49.4 Å². The van der Waals surface area contributed by atoms with Crippen LogP contribution in [0.4, 0.5) is 5.69 Å². The first-order valence-corrected chi connectivity index (χ1v) is 6.74. The van der Waals surface area contributed by atoms with E-state index in [0.29, 0.717) is 13.0 Å². The molecule has 0 aliphatic carbocycles. The molecule has 1 aromatic carbocycles. The Balaban J connectivity index is 2.02. The van der Waals surface area contributed by atoms with Gasteiger partial charge >= 0.3 is 0 Å². The molecule has 4 heteroatoms. The Bertz CT molecular complexity index is 483. The summed E-state index contributed by atoms with van der Waals surface area (Å²) in [6.45, 7) is 5.19. The molecule has 4 nitrogen and oxygen atoms in total. The molecular weight excluding hydrogens is 240 g/mol. The number of likely N-dealkylation sites (tertiary alicyclic amines) is 1. The normalized spacial score (nSPS) is 15.1. The number of carbonyl (C=O) groups excluding carboxylic acids is 2. The SMILES string of the molecule is CC(C)C(=O)Nc1cccc(CN2CCCC2=O)c1. The third-order valence-electron chi connectivity index (χ3n) is 3.26. The van der Waals surface area contributed by atoms with Crippen LogP contribution >= 0.6 is 0 Å². The molecule has 0 radical (unpaired) electrons. The first-order valence-electron chi connectivity index (χ1n) is 6.74. The van der Waals surface area contributed by atoms with Crippen LogP contribution in [0.5, 0.6) is 0 Å². The smallest absolute Gasteiger partial charge is 0.226 e. The molecule has 1 saturated heterocycles. The van der Waals surface area contributed by atoms with Gasteiger partial charge in [-0.2, -0.15) is 0 Å². The zero-order valence-corrected chi connectivity index (χ0v) is 11.5. The van der Waals surface area contributed by atoms with E-state index in [2.05, 4.69) is 5.32 Å². The monoisotopic (exact) mass is 260 g/mol. The van der Waals surface area contributed by atoms with Crippen LogP contribution in [-0.4, -0.2) is 23.3 Å². The second-order valence-electron chi connectivity index (χ2n) is 5.26. The summed E-state index contributed by atoms with van der Waals surface area (Å²) >= 11 is 0. The second kappa shape index (κ2) is 5.87. The van der Waals surface area contributed by atoms with Gasteiger partial charge in [0.25, 0.3) is 0 Å². The Kier molecular flexibility index (Phi) is 4.20. The molecule has 1 aliphatic heterocycles. The van der Waals surface area contributed by atoms with Crippen molar-refractivity contribution in [1.82, 2.24) is 4.90 Å². The van der Waals surface area contributed by atoms with Gasteiger partial charge in [0.05, 0.1) is 0 Å². The fraction of sp³-hybridized carbons (Fsp3) is 0.467. The van der Waals surface area contributed by atoms with Gasteiger partial charge in [0.2, 0.25) is 11.8 Å². The number of nitrogens with one attached hydrogen (secondary N) is 1. The molecule has 0 bridgehead atoms. The predicted molar refractivity (Wildman–Crippen MR) is 74.6 cm³/mol. The van der Waals surface area contributed by atoms with Gasteiger partial charge in [-0.1, -0.05) is 26.0 Å². The number of carbonyl (C=O) groups is 2. The summed E-state index contributed by atoms with van der Waals surface area (Å²) in [7, 11) is 0. The Morgan fingerprint density at radius 2 is 2.21 bits per heavy atom. The zero-order chi connectivity index (χ0) is 13.8. The van der Waals surface area contributed by atoms with E-state index in [1.54, 1.807) is 0 Å². The fourth-order valence-electron chi connectivity index (χ4n) is 2.13. The lowest BCUT2D eigenvalue weighted by Crippen LogP contribution is -2.24.